The largest absolute Gasteiger partial charge is 0.333 e. The van der Waals surface area contributed by atoms with E-state index in [4.69, 9.17) is 0 Å². The number of hydrogen-bond acceptors (Lipinski definition) is 5. The third-order valence-corrected chi connectivity index (χ3v) is 2.07. The number of halogens is 1. The number of nitro benzene ring substituents is 1. The van der Waals surface area contributed by atoms with Gasteiger partial charge in [-0.2, -0.15) is 8.42 Å². The maximum Gasteiger partial charge on any atom is 0.333 e. The molecule has 0 spiro atoms. The van der Waals surface area contributed by atoms with Crippen molar-refractivity contribution in [2.24, 2.45) is 5.14 Å². The molecule has 9 heteroatoms. The van der Waals surface area contributed by atoms with E-state index in [2.05, 4.69) is 9.32 Å². The Morgan fingerprint density at radius 1 is 1.50 bits per heavy atom. The lowest BCUT2D eigenvalue weighted by Crippen LogP contribution is -2.15. The monoisotopic (exact) mass is 250 g/mol. The zero-order chi connectivity index (χ0) is 12.3. The van der Waals surface area contributed by atoms with Gasteiger partial charge in [-0.3, -0.25) is 14.3 Å². The normalized spacial score (nSPS) is 11.4. The predicted molar refractivity (Wildman–Crippen MR) is 51.0 cm³/mol. The first-order valence-electron chi connectivity index (χ1n) is 3.89. The van der Waals surface area contributed by atoms with Gasteiger partial charge in [0.2, 0.25) is 0 Å². The molecule has 0 saturated heterocycles. The Hall–Kier alpha value is -1.58. The van der Waals surface area contributed by atoms with Gasteiger partial charge < -0.3 is 0 Å². The molecule has 0 aliphatic heterocycles. The minimum absolute atomic E-state index is 0.139. The second-order valence-electron chi connectivity index (χ2n) is 2.79. The molecule has 0 bridgehead atoms. The molecule has 0 aromatic heterocycles. The Morgan fingerprint density at radius 3 is 2.56 bits per heavy atom. The van der Waals surface area contributed by atoms with E-state index in [9.17, 15) is 22.9 Å². The highest BCUT2D eigenvalue weighted by Crippen LogP contribution is 2.17. The zero-order valence-corrected chi connectivity index (χ0v) is 8.61. The molecule has 1 aromatic rings. The molecule has 88 valence electrons. The number of nitrogens with zero attached hydrogens (tertiary/aromatic N) is 1. The Bertz CT molecular complexity index is 516. The average molecular weight is 250 g/mol. The standard InChI is InChI=1S/C7H7FN2O5S/c8-7-3-6(10(11)12)2-1-5(7)4-15-16(9,13)14/h1-3H,4H2,(H2,9,13,14). The van der Waals surface area contributed by atoms with E-state index in [1.807, 2.05) is 0 Å². The molecule has 2 N–H and O–H groups in total. The van der Waals surface area contributed by atoms with E-state index < -0.39 is 33.3 Å². The van der Waals surface area contributed by atoms with Crippen molar-refractivity contribution in [2.45, 2.75) is 6.61 Å². The number of rotatable bonds is 4. The van der Waals surface area contributed by atoms with Crippen molar-refractivity contribution in [1.82, 2.24) is 0 Å². The van der Waals surface area contributed by atoms with E-state index in [1.54, 1.807) is 0 Å². The number of non-ortho nitro benzene ring substituents is 1. The maximum atomic E-state index is 13.2. The summed E-state index contributed by atoms with van der Waals surface area (Å²) in [6.07, 6.45) is 0. The number of nitrogens with two attached hydrogens (primary N) is 1. The summed E-state index contributed by atoms with van der Waals surface area (Å²) in [7, 11) is -4.17. The molecule has 16 heavy (non-hydrogen) atoms. The first kappa shape index (κ1) is 12.5. The van der Waals surface area contributed by atoms with Crippen molar-refractivity contribution < 1.29 is 21.9 Å². The van der Waals surface area contributed by atoms with Crippen LogP contribution in [0.2, 0.25) is 0 Å². The van der Waals surface area contributed by atoms with Gasteiger partial charge in [0.05, 0.1) is 17.6 Å². The Balaban J connectivity index is 2.88. The maximum absolute atomic E-state index is 13.2. The van der Waals surface area contributed by atoms with Gasteiger partial charge in [0.1, 0.15) is 5.82 Å². The molecule has 0 unspecified atom stereocenters. The molecule has 0 fully saturated rings. The van der Waals surface area contributed by atoms with Crippen molar-refractivity contribution in [3.8, 4) is 0 Å². The Morgan fingerprint density at radius 2 is 2.12 bits per heavy atom. The van der Waals surface area contributed by atoms with Gasteiger partial charge in [-0.25, -0.2) is 9.53 Å². The summed E-state index contributed by atoms with van der Waals surface area (Å²) in [4.78, 5) is 9.50. The molecular weight excluding hydrogens is 243 g/mol. The molecule has 0 saturated carbocycles. The molecule has 7 nitrogen and oxygen atoms in total. The van der Waals surface area contributed by atoms with Crippen molar-refractivity contribution in [2.75, 3.05) is 0 Å². The number of hydrogen-bond donors (Lipinski definition) is 1. The van der Waals surface area contributed by atoms with Crippen molar-refractivity contribution in [3.63, 3.8) is 0 Å². The smallest absolute Gasteiger partial charge is 0.258 e. The van der Waals surface area contributed by atoms with Gasteiger partial charge >= 0.3 is 10.3 Å². The fraction of sp³-hybridized carbons (Fsp3) is 0.143. The van der Waals surface area contributed by atoms with Gasteiger partial charge in [0.25, 0.3) is 5.69 Å². The summed E-state index contributed by atoms with van der Waals surface area (Å²) in [6, 6.07) is 2.76. The van der Waals surface area contributed by atoms with E-state index in [0.717, 1.165) is 12.1 Å². The minimum atomic E-state index is -4.17. The fourth-order valence-corrected chi connectivity index (χ4v) is 1.20. The lowest BCUT2D eigenvalue weighted by atomic mass is 10.2. The van der Waals surface area contributed by atoms with Crippen molar-refractivity contribution in [1.29, 1.82) is 0 Å². The van der Waals surface area contributed by atoms with E-state index in [0.29, 0.717) is 6.07 Å². The zero-order valence-electron chi connectivity index (χ0n) is 7.79. The van der Waals surface area contributed by atoms with Crippen LogP contribution in [0.15, 0.2) is 18.2 Å². The van der Waals surface area contributed by atoms with Crippen LogP contribution in [0.5, 0.6) is 0 Å². The lowest BCUT2D eigenvalue weighted by molar-refractivity contribution is -0.385. The van der Waals surface area contributed by atoms with Crippen molar-refractivity contribution in [3.05, 3.63) is 39.7 Å². The van der Waals surface area contributed by atoms with Gasteiger partial charge in [-0.15, -0.1) is 0 Å². The topological polar surface area (TPSA) is 113 Å². The number of nitro groups is 1. The van der Waals surface area contributed by atoms with Gasteiger partial charge in [-0.05, 0) is 6.07 Å². The van der Waals surface area contributed by atoms with E-state index >= 15 is 0 Å². The van der Waals surface area contributed by atoms with Crippen LogP contribution >= 0.6 is 0 Å². The molecule has 0 aliphatic rings. The van der Waals surface area contributed by atoms with Crippen molar-refractivity contribution >= 4 is 16.0 Å². The van der Waals surface area contributed by atoms with Crippen LogP contribution in [0.4, 0.5) is 10.1 Å². The molecule has 0 radical (unpaired) electrons. The van der Waals surface area contributed by atoms with Gasteiger partial charge in [-0.1, -0.05) is 0 Å². The van der Waals surface area contributed by atoms with E-state index in [-0.39, 0.29) is 5.56 Å². The third kappa shape index (κ3) is 3.53. The third-order valence-electron chi connectivity index (χ3n) is 1.63. The molecule has 0 aliphatic carbocycles. The lowest BCUT2D eigenvalue weighted by Gasteiger charge is -2.02. The average Bonchev–Trinajstić information content (AvgIpc) is 2.14. The first-order chi connectivity index (χ1) is 7.29. The Kier molecular flexibility index (Phi) is 3.52. The van der Waals surface area contributed by atoms with Crippen LogP contribution in [-0.2, 0) is 21.1 Å². The molecule has 0 atom stereocenters. The highest BCUT2D eigenvalue weighted by molar-refractivity contribution is 7.84. The van der Waals surface area contributed by atoms with Crippen LogP contribution in [-0.4, -0.2) is 13.3 Å². The molecule has 0 heterocycles. The highest BCUT2D eigenvalue weighted by Gasteiger charge is 2.12. The summed E-state index contributed by atoms with van der Waals surface area (Å²) in [5.41, 5.74) is -0.573. The quantitative estimate of drug-likeness (QED) is 0.615. The minimum Gasteiger partial charge on any atom is -0.258 e. The first-order valence-corrected chi connectivity index (χ1v) is 5.37. The molecule has 1 rings (SSSR count). The summed E-state index contributed by atoms with van der Waals surface area (Å²) < 4.78 is 38.1. The SMILES string of the molecule is NS(=O)(=O)OCc1ccc([N+](=O)[O-])cc1F. The fourth-order valence-electron chi connectivity index (χ4n) is 0.912. The van der Waals surface area contributed by atoms with Gasteiger partial charge in [0.15, 0.2) is 0 Å². The molecule has 0 amide bonds. The summed E-state index contributed by atoms with van der Waals surface area (Å²) >= 11 is 0. The molecular formula is C7H7FN2O5S. The van der Waals surface area contributed by atoms with Crippen LogP contribution in [0.25, 0.3) is 0 Å². The van der Waals surface area contributed by atoms with Crippen LogP contribution in [0.1, 0.15) is 5.56 Å². The predicted octanol–water partition coefficient (Wildman–Crippen LogP) is 0.454. The molecule has 1 aromatic carbocycles. The summed E-state index contributed by atoms with van der Waals surface area (Å²) in [5.74, 6) is -0.933. The highest BCUT2D eigenvalue weighted by atomic mass is 32.2. The Labute approximate surface area is 90.0 Å². The van der Waals surface area contributed by atoms with Crippen LogP contribution in [0.3, 0.4) is 0 Å². The number of benzene rings is 1. The van der Waals surface area contributed by atoms with Gasteiger partial charge in [0, 0.05) is 11.6 Å². The second kappa shape index (κ2) is 4.51. The summed E-state index contributed by atoms with van der Waals surface area (Å²) in [6.45, 7) is -0.608. The van der Waals surface area contributed by atoms with Crippen LogP contribution in [0, 0.1) is 15.9 Å². The van der Waals surface area contributed by atoms with E-state index in [1.165, 1.54) is 0 Å². The second-order valence-corrected chi connectivity index (χ2v) is 4.01. The summed E-state index contributed by atoms with van der Waals surface area (Å²) in [5, 5.41) is 14.8. The van der Waals surface area contributed by atoms with Crippen LogP contribution < -0.4 is 5.14 Å².